The van der Waals surface area contributed by atoms with Crippen LogP contribution in [0.4, 0.5) is 0 Å². The van der Waals surface area contributed by atoms with Crippen LogP contribution >= 0.6 is 0 Å². The zero-order chi connectivity index (χ0) is 7.68. The quantitative estimate of drug-likeness (QED) is 0.528. The van der Waals surface area contributed by atoms with Gasteiger partial charge in [0.25, 0.3) is 0 Å². The normalized spacial score (nSPS) is 37.7. The second kappa shape index (κ2) is 2.98. The van der Waals surface area contributed by atoms with Crippen LogP contribution in [0.15, 0.2) is 11.6 Å². The summed E-state index contributed by atoms with van der Waals surface area (Å²) in [5.41, 5.74) is 1.64. The molecule has 0 radical (unpaired) electrons. The molecule has 2 aliphatic carbocycles. The van der Waals surface area contributed by atoms with Gasteiger partial charge >= 0.3 is 0 Å². The lowest BCUT2D eigenvalue weighted by Crippen LogP contribution is -2.23. The van der Waals surface area contributed by atoms with Gasteiger partial charge in [0.05, 0.1) is 6.10 Å². The standard InChI is InChI=1S/C10H16O/c11-10-6-5-8-3-1-2-4-9(8)7-10/h3,9-11H,1-2,4-7H2. The number of aliphatic hydroxyl groups is 1. The van der Waals surface area contributed by atoms with E-state index in [2.05, 4.69) is 6.08 Å². The molecule has 0 aliphatic heterocycles. The molecular formula is C10H16O. The van der Waals surface area contributed by atoms with E-state index in [4.69, 9.17) is 0 Å². The summed E-state index contributed by atoms with van der Waals surface area (Å²) in [5, 5.41) is 9.42. The van der Waals surface area contributed by atoms with Gasteiger partial charge in [0.2, 0.25) is 0 Å². The minimum Gasteiger partial charge on any atom is -0.393 e. The van der Waals surface area contributed by atoms with E-state index in [1.807, 2.05) is 0 Å². The Morgan fingerprint density at radius 3 is 3.18 bits per heavy atom. The third-order valence-electron chi connectivity index (χ3n) is 3.01. The Morgan fingerprint density at radius 1 is 1.36 bits per heavy atom. The van der Waals surface area contributed by atoms with Crippen molar-refractivity contribution in [2.75, 3.05) is 0 Å². The van der Waals surface area contributed by atoms with Crippen molar-refractivity contribution in [3.63, 3.8) is 0 Å². The maximum absolute atomic E-state index is 9.42. The molecule has 0 saturated heterocycles. The van der Waals surface area contributed by atoms with Gasteiger partial charge in [-0.05, 0) is 44.4 Å². The van der Waals surface area contributed by atoms with Crippen molar-refractivity contribution in [3.05, 3.63) is 11.6 Å². The van der Waals surface area contributed by atoms with Gasteiger partial charge < -0.3 is 5.11 Å². The molecule has 0 spiro atoms. The number of hydrogen-bond acceptors (Lipinski definition) is 1. The first-order valence-corrected chi connectivity index (χ1v) is 4.73. The molecule has 11 heavy (non-hydrogen) atoms. The van der Waals surface area contributed by atoms with Crippen molar-refractivity contribution in [3.8, 4) is 0 Å². The fourth-order valence-electron chi connectivity index (χ4n) is 2.36. The Kier molecular flexibility index (Phi) is 1.99. The predicted molar refractivity (Wildman–Crippen MR) is 45.3 cm³/mol. The number of allylic oxidation sites excluding steroid dienone is 2. The number of fused-ring (bicyclic) bond motifs is 1. The Hall–Kier alpha value is -0.300. The van der Waals surface area contributed by atoms with E-state index in [1.54, 1.807) is 5.57 Å². The predicted octanol–water partition coefficient (Wildman–Crippen LogP) is 2.26. The SMILES string of the molecule is OC1CCC2=CCCCC2C1. The van der Waals surface area contributed by atoms with Crippen molar-refractivity contribution in [2.45, 2.75) is 44.6 Å². The minimum atomic E-state index is -0.00440. The van der Waals surface area contributed by atoms with Crippen molar-refractivity contribution in [1.82, 2.24) is 0 Å². The number of aliphatic hydroxyl groups excluding tert-OH is 1. The minimum absolute atomic E-state index is 0.00440. The summed E-state index contributed by atoms with van der Waals surface area (Å²) in [5.74, 6) is 0.743. The fraction of sp³-hybridized carbons (Fsp3) is 0.800. The molecule has 1 nitrogen and oxygen atoms in total. The molecule has 1 heteroatoms. The summed E-state index contributed by atoms with van der Waals surface area (Å²) in [6.07, 6.45) is 9.53. The fourth-order valence-corrected chi connectivity index (χ4v) is 2.36. The number of rotatable bonds is 0. The highest BCUT2D eigenvalue weighted by Gasteiger charge is 2.25. The van der Waals surface area contributed by atoms with Crippen LogP contribution in [-0.4, -0.2) is 11.2 Å². The van der Waals surface area contributed by atoms with E-state index < -0.39 is 0 Å². The maximum Gasteiger partial charge on any atom is 0.0549 e. The maximum atomic E-state index is 9.42. The summed E-state index contributed by atoms with van der Waals surface area (Å²) in [7, 11) is 0. The Labute approximate surface area is 68.1 Å². The van der Waals surface area contributed by atoms with E-state index in [1.165, 1.54) is 19.3 Å². The molecule has 0 aromatic rings. The molecule has 0 aromatic heterocycles. The lowest BCUT2D eigenvalue weighted by Gasteiger charge is -2.31. The van der Waals surface area contributed by atoms with Crippen LogP contribution in [0.2, 0.25) is 0 Å². The monoisotopic (exact) mass is 152 g/mol. The highest BCUT2D eigenvalue weighted by molar-refractivity contribution is 5.12. The van der Waals surface area contributed by atoms with Crippen LogP contribution in [-0.2, 0) is 0 Å². The Balaban J connectivity index is 2.06. The molecule has 0 heterocycles. The van der Waals surface area contributed by atoms with Gasteiger partial charge in [0.15, 0.2) is 0 Å². The van der Waals surface area contributed by atoms with Gasteiger partial charge in [0, 0.05) is 0 Å². The lowest BCUT2D eigenvalue weighted by atomic mass is 9.77. The van der Waals surface area contributed by atoms with Gasteiger partial charge in [-0.1, -0.05) is 11.6 Å². The Bertz CT molecular complexity index is 172. The van der Waals surface area contributed by atoms with Gasteiger partial charge in [-0.2, -0.15) is 0 Å². The summed E-state index contributed by atoms with van der Waals surface area (Å²) >= 11 is 0. The van der Waals surface area contributed by atoms with Crippen LogP contribution in [0.5, 0.6) is 0 Å². The third-order valence-corrected chi connectivity index (χ3v) is 3.01. The first-order chi connectivity index (χ1) is 5.36. The molecule has 1 fully saturated rings. The van der Waals surface area contributed by atoms with Crippen LogP contribution in [0, 0.1) is 5.92 Å². The molecule has 2 atom stereocenters. The van der Waals surface area contributed by atoms with E-state index >= 15 is 0 Å². The second-order valence-electron chi connectivity index (χ2n) is 3.84. The smallest absolute Gasteiger partial charge is 0.0549 e. The molecule has 62 valence electrons. The molecule has 0 bridgehead atoms. The van der Waals surface area contributed by atoms with Crippen molar-refractivity contribution in [2.24, 2.45) is 5.92 Å². The van der Waals surface area contributed by atoms with Gasteiger partial charge in [0.1, 0.15) is 0 Å². The average Bonchev–Trinajstić information content (AvgIpc) is 2.04. The molecule has 2 aliphatic rings. The summed E-state index contributed by atoms with van der Waals surface area (Å²) in [6, 6.07) is 0. The molecule has 2 rings (SSSR count). The molecule has 1 N–H and O–H groups in total. The average molecular weight is 152 g/mol. The summed E-state index contributed by atoms with van der Waals surface area (Å²) in [4.78, 5) is 0. The van der Waals surface area contributed by atoms with E-state index in [0.29, 0.717) is 0 Å². The van der Waals surface area contributed by atoms with Gasteiger partial charge in [-0.3, -0.25) is 0 Å². The van der Waals surface area contributed by atoms with Crippen molar-refractivity contribution < 1.29 is 5.11 Å². The topological polar surface area (TPSA) is 20.2 Å². The molecule has 1 saturated carbocycles. The van der Waals surface area contributed by atoms with Gasteiger partial charge in [-0.15, -0.1) is 0 Å². The van der Waals surface area contributed by atoms with Crippen molar-refractivity contribution >= 4 is 0 Å². The highest BCUT2D eigenvalue weighted by Crippen LogP contribution is 2.36. The van der Waals surface area contributed by atoms with E-state index in [0.717, 1.165) is 25.2 Å². The van der Waals surface area contributed by atoms with E-state index in [9.17, 15) is 5.11 Å². The molecule has 0 aromatic carbocycles. The summed E-state index contributed by atoms with van der Waals surface area (Å²) in [6.45, 7) is 0. The summed E-state index contributed by atoms with van der Waals surface area (Å²) < 4.78 is 0. The second-order valence-corrected chi connectivity index (χ2v) is 3.84. The van der Waals surface area contributed by atoms with Crippen molar-refractivity contribution in [1.29, 1.82) is 0 Å². The largest absolute Gasteiger partial charge is 0.393 e. The lowest BCUT2D eigenvalue weighted by molar-refractivity contribution is 0.117. The van der Waals surface area contributed by atoms with Gasteiger partial charge in [-0.25, -0.2) is 0 Å². The highest BCUT2D eigenvalue weighted by atomic mass is 16.3. The van der Waals surface area contributed by atoms with Crippen LogP contribution in [0.1, 0.15) is 38.5 Å². The zero-order valence-corrected chi connectivity index (χ0v) is 6.92. The van der Waals surface area contributed by atoms with Crippen LogP contribution in [0.25, 0.3) is 0 Å². The number of hydrogen-bond donors (Lipinski definition) is 1. The zero-order valence-electron chi connectivity index (χ0n) is 6.92. The molecular weight excluding hydrogens is 136 g/mol. The molecule has 0 amide bonds. The third kappa shape index (κ3) is 1.48. The first kappa shape index (κ1) is 7.35. The van der Waals surface area contributed by atoms with Crippen LogP contribution < -0.4 is 0 Å². The first-order valence-electron chi connectivity index (χ1n) is 4.73. The molecule has 2 unspecified atom stereocenters. The van der Waals surface area contributed by atoms with E-state index in [-0.39, 0.29) is 6.10 Å². The Morgan fingerprint density at radius 2 is 2.27 bits per heavy atom. The van der Waals surface area contributed by atoms with Crippen LogP contribution in [0.3, 0.4) is 0 Å².